The highest BCUT2D eigenvalue weighted by Gasteiger charge is 2.43. The molecule has 1 atom stereocenters. The van der Waals surface area contributed by atoms with Crippen LogP contribution in [0.1, 0.15) is 51.0 Å². The molecule has 0 unspecified atom stereocenters. The van der Waals surface area contributed by atoms with Crippen LogP contribution in [0.25, 0.3) is 11.1 Å². The molecule has 4 heteroatoms. The van der Waals surface area contributed by atoms with Gasteiger partial charge in [0.1, 0.15) is 0 Å². The number of hydrogen-bond acceptors (Lipinski definition) is 2. The lowest BCUT2D eigenvalue weighted by molar-refractivity contribution is -0.143. The van der Waals surface area contributed by atoms with Crippen molar-refractivity contribution in [2.45, 2.75) is 51.9 Å². The number of benzene rings is 2. The third-order valence-electron chi connectivity index (χ3n) is 7.30. The van der Waals surface area contributed by atoms with E-state index in [4.69, 9.17) is 0 Å². The molecule has 0 spiro atoms. The van der Waals surface area contributed by atoms with E-state index in [0.717, 1.165) is 25.7 Å². The zero-order valence-corrected chi connectivity index (χ0v) is 19.8. The smallest absolute Gasteiger partial charge is 0.226 e. The number of nitrogens with one attached hydrogen (secondary N) is 1. The average Bonchev–Trinajstić information content (AvgIpc) is 2.88. The molecule has 1 saturated heterocycles. The molecular weight excluding hydrogens is 408 g/mol. The Morgan fingerprint density at radius 2 is 1.73 bits per heavy atom. The van der Waals surface area contributed by atoms with Gasteiger partial charge in [-0.1, -0.05) is 73.7 Å². The highest BCUT2D eigenvalue weighted by Crippen LogP contribution is 2.39. The number of amides is 2. The molecule has 0 aromatic heterocycles. The molecule has 1 heterocycles. The molecule has 2 aromatic rings. The van der Waals surface area contributed by atoms with Crippen molar-refractivity contribution in [1.82, 2.24) is 10.2 Å². The summed E-state index contributed by atoms with van der Waals surface area (Å²) >= 11 is 0. The summed E-state index contributed by atoms with van der Waals surface area (Å²) in [7, 11) is 0. The van der Waals surface area contributed by atoms with Crippen molar-refractivity contribution in [3.63, 3.8) is 0 Å². The number of piperidine rings is 1. The number of rotatable bonds is 7. The number of allylic oxidation sites excluding steroid dienone is 2. The van der Waals surface area contributed by atoms with Crippen LogP contribution in [-0.2, 0) is 16.0 Å². The van der Waals surface area contributed by atoms with Crippen molar-refractivity contribution < 1.29 is 9.59 Å². The topological polar surface area (TPSA) is 49.4 Å². The summed E-state index contributed by atoms with van der Waals surface area (Å²) in [5, 5.41) is 3.18. The predicted octanol–water partition coefficient (Wildman–Crippen LogP) is 5.39. The van der Waals surface area contributed by atoms with Gasteiger partial charge in [0, 0.05) is 25.6 Å². The Bertz CT molecular complexity index is 974. The molecule has 1 N–H and O–H groups in total. The monoisotopic (exact) mass is 444 g/mol. The lowest BCUT2D eigenvalue weighted by Gasteiger charge is -2.42. The SMILES string of the molecule is CCCNC(=O)C1(Cc2ccccc2-c2ccccc2)CCN(C(=O)[C@@H]2CC=CCC2)CC1. The van der Waals surface area contributed by atoms with Crippen LogP contribution in [0.3, 0.4) is 0 Å². The average molecular weight is 445 g/mol. The molecule has 2 aliphatic rings. The van der Waals surface area contributed by atoms with E-state index in [1.807, 2.05) is 11.0 Å². The maximum atomic E-state index is 13.5. The Morgan fingerprint density at radius 1 is 1.00 bits per heavy atom. The summed E-state index contributed by atoms with van der Waals surface area (Å²) < 4.78 is 0. The van der Waals surface area contributed by atoms with E-state index in [9.17, 15) is 9.59 Å². The summed E-state index contributed by atoms with van der Waals surface area (Å²) in [6.07, 6.45) is 10.1. The van der Waals surface area contributed by atoms with E-state index in [0.29, 0.717) is 38.9 Å². The van der Waals surface area contributed by atoms with Crippen molar-refractivity contribution in [3.05, 3.63) is 72.3 Å². The molecule has 2 aromatic carbocycles. The van der Waals surface area contributed by atoms with Gasteiger partial charge in [-0.25, -0.2) is 0 Å². The molecule has 174 valence electrons. The van der Waals surface area contributed by atoms with Gasteiger partial charge in [-0.3, -0.25) is 9.59 Å². The van der Waals surface area contributed by atoms with Gasteiger partial charge < -0.3 is 10.2 Å². The molecule has 1 aliphatic carbocycles. The van der Waals surface area contributed by atoms with E-state index >= 15 is 0 Å². The first-order valence-electron chi connectivity index (χ1n) is 12.5. The van der Waals surface area contributed by atoms with Crippen LogP contribution in [0, 0.1) is 11.3 Å². The number of carbonyl (C=O) groups is 2. The van der Waals surface area contributed by atoms with E-state index < -0.39 is 5.41 Å². The van der Waals surface area contributed by atoms with Gasteiger partial charge in [-0.15, -0.1) is 0 Å². The minimum Gasteiger partial charge on any atom is -0.356 e. The van der Waals surface area contributed by atoms with Crippen molar-refractivity contribution >= 4 is 11.8 Å². The molecule has 4 rings (SSSR count). The molecular formula is C29H36N2O2. The number of hydrogen-bond donors (Lipinski definition) is 1. The maximum Gasteiger partial charge on any atom is 0.226 e. The fraction of sp³-hybridized carbons (Fsp3) is 0.448. The Kier molecular flexibility index (Phi) is 7.64. The van der Waals surface area contributed by atoms with Gasteiger partial charge in [0.2, 0.25) is 11.8 Å². The number of likely N-dealkylation sites (tertiary alicyclic amines) is 1. The third kappa shape index (κ3) is 5.38. The number of carbonyl (C=O) groups excluding carboxylic acids is 2. The second-order valence-corrected chi connectivity index (χ2v) is 9.54. The maximum absolute atomic E-state index is 13.5. The van der Waals surface area contributed by atoms with Crippen LogP contribution in [0.5, 0.6) is 0 Å². The van der Waals surface area contributed by atoms with E-state index in [1.165, 1.54) is 16.7 Å². The van der Waals surface area contributed by atoms with Gasteiger partial charge in [-0.2, -0.15) is 0 Å². The lowest BCUT2D eigenvalue weighted by atomic mass is 9.71. The van der Waals surface area contributed by atoms with E-state index in [1.54, 1.807) is 0 Å². The minimum atomic E-state index is -0.483. The van der Waals surface area contributed by atoms with Crippen molar-refractivity contribution in [2.24, 2.45) is 11.3 Å². The quantitative estimate of drug-likeness (QED) is 0.582. The zero-order valence-electron chi connectivity index (χ0n) is 19.8. The van der Waals surface area contributed by atoms with Crippen LogP contribution in [0.4, 0.5) is 0 Å². The standard InChI is InChI=1S/C29H36N2O2/c1-2-19-30-28(33)29(17-20-31(21-18-29)27(32)24-13-7-4-8-14-24)22-25-15-9-10-16-26(25)23-11-5-3-6-12-23/h3-7,9-12,15-16,24H,2,8,13-14,17-22H2,1H3,(H,30,33)/t24-/m1/s1. The van der Waals surface area contributed by atoms with Gasteiger partial charge in [-0.05, 0) is 61.6 Å². The normalized spacial score (nSPS) is 19.8. The summed E-state index contributed by atoms with van der Waals surface area (Å²) in [5.74, 6) is 0.516. The first-order chi connectivity index (χ1) is 16.1. The minimum absolute atomic E-state index is 0.107. The first kappa shape index (κ1) is 23.3. The van der Waals surface area contributed by atoms with Crippen molar-refractivity contribution in [2.75, 3.05) is 19.6 Å². The first-order valence-corrected chi connectivity index (χ1v) is 12.5. The van der Waals surface area contributed by atoms with Crippen LogP contribution in [0.15, 0.2) is 66.7 Å². The Morgan fingerprint density at radius 3 is 2.42 bits per heavy atom. The van der Waals surface area contributed by atoms with Gasteiger partial charge in [0.05, 0.1) is 5.41 Å². The molecule has 1 aliphatic heterocycles. The molecule has 0 saturated carbocycles. The number of nitrogens with zero attached hydrogens (tertiary/aromatic N) is 1. The third-order valence-corrected chi connectivity index (χ3v) is 7.30. The lowest BCUT2D eigenvalue weighted by Crippen LogP contribution is -2.52. The Hall–Kier alpha value is -2.88. The van der Waals surface area contributed by atoms with Crippen LogP contribution in [0.2, 0.25) is 0 Å². The molecule has 0 radical (unpaired) electrons. The molecule has 33 heavy (non-hydrogen) atoms. The second kappa shape index (κ2) is 10.8. The molecule has 0 bridgehead atoms. The van der Waals surface area contributed by atoms with Crippen LogP contribution in [-0.4, -0.2) is 36.3 Å². The van der Waals surface area contributed by atoms with Crippen LogP contribution < -0.4 is 5.32 Å². The summed E-state index contributed by atoms with van der Waals surface area (Å²) in [4.78, 5) is 28.6. The molecule has 1 fully saturated rings. The fourth-order valence-electron chi connectivity index (χ4n) is 5.28. The summed E-state index contributed by atoms with van der Waals surface area (Å²) in [5.41, 5.74) is 3.08. The summed E-state index contributed by atoms with van der Waals surface area (Å²) in [6.45, 7) is 4.09. The van der Waals surface area contributed by atoms with Gasteiger partial charge in [0.25, 0.3) is 0 Å². The van der Waals surface area contributed by atoms with E-state index in [2.05, 4.69) is 72.9 Å². The van der Waals surface area contributed by atoms with Crippen molar-refractivity contribution in [3.8, 4) is 11.1 Å². The largest absolute Gasteiger partial charge is 0.356 e. The van der Waals surface area contributed by atoms with E-state index in [-0.39, 0.29) is 17.7 Å². The van der Waals surface area contributed by atoms with Gasteiger partial charge >= 0.3 is 0 Å². The summed E-state index contributed by atoms with van der Waals surface area (Å²) in [6, 6.07) is 18.8. The molecule has 2 amide bonds. The second-order valence-electron chi connectivity index (χ2n) is 9.54. The Labute approximate surface area is 198 Å². The Balaban J connectivity index is 1.55. The van der Waals surface area contributed by atoms with Crippen molar-refractivity contribution in [1.29, 1.82) is 0 Å². The van der Waals surface area contributed by atoms with Crippen LogP contribution >= 0.6 is 0 Å². The van der Waals surface area contributed by atoms with Gasteiger partial charge in [0.15, 0.2) is 0 Å². The predicted molar refractivity (Wildman–Crippen MR) is 134 cm³/mol. The zero-order chi connectivity index (χ0) is 23.1. The highest BCUT2D eigenvalue weighted by molar-refractivity contribution is 5.85. The fourth-order valence-corrected chi connectivity index (χ4v) is 5.28. The molecule has 4 nitrogen and oxygen atoms in total. The highest BCUT2D eigenvalue weighted by atomic mass is 16.2.